The van der Waals surface area contributed by atoms with Gasteiger partial charge in [0.05, 0.1) is 0 Å². The SMILES string of the molecule is O=C(O)N1C[C@@H]2C(c3cccc(OCc4ccc(Cl)cc4F)n3)[C@@H]2C1. The van der Waals surface area contributed by atoms with Gasteiger partial charge in [-0.1, -0.05) is 23.7 Å². The Morgan fingerprint density at radius 2 is 2.08 bits per heavy atom. The molecule has 3 atom stereocenters. The molecule has 25 heavy (non-hydrogen) atoms. The molecule has 1 saturated heterocycles. The van der Waals surface area contributed by atoms with Gasteiger partial charge in [-0.3, -0.25) is 0 Å². The van der Waals surface area contributed by atoms with Gasteiger partial charge in [0.15, 0.2) is 0 Å². The molecule has 1 aromatic carbocycles. The van der Waals surface area contributed by atoms with Crippen molar-refractivity contribution in [3.8, 4) is 5.88 Å². The van der Waals surface area contributed by atoms with Crippen LogP contribution in [0.25, 0.3) is 0 Å². The molecule has 2 fully saturated rings. The van der Waals surface area contributed by atoms with E-state index in [0.717, 1.165) is 5.69 Å². The predicted octanol–water partition coefficient (Wildman–Crippen LogP) is 3.78. The van der Waals surface area contributed by atoms with E-state index in [2.05, 4.69) is 4.98 Å². The molecule has 1 aromatic heterocycles. The van der Waals surface area contributed by atoms with Crippen LogP contribution in [0.4, 0.5) is 9.18 Å². The number of piperidine rings is 1. The Hall–Kier alpha value is -2.34. The van der Waals surface area contributed by atoms with Gasteiger partial charge >= 0.3 is 6.09 Å². The summed E-state index contributed by atoms with van der Waals surface area (Å²) in [7, 11) is 0. The summed E-state index contributed by atoms with van der Waals surface area (Å²) in [6.07, 6.45) is -0.860. The normalized spacial score (nSPS) is 24.1. The maximum atomic E-state index is 13.8. The number of ether oxygens (including phenoxy) is 1. The van der Waals surface area contributed by atoms with Crippen molar-refractivity contribution in [2.24, 2.45) is 11.8 Å². The van der Waals surface area contributed by atoms with Gasteiger partial charge in [0.25, 0.3) is 0 Å². The lowest BCUT2D eigenvalue weighted by molar-refractivity contribution is 0.150. The molecule has 0 radical (unpaired) electrons. The second-order valence-electron chi connectivity index (χ2n) is 6.47. The van der Waals surface area contributed by atoms with E-state index in [9.17, 15) is 9.18 Å². The summed E-state index contributed by atoms with van der Waals surface area (Å²) in [4.78, 5) is 17.0. The van der Waals surface area contributed by atoms with E-state index in [0.29, 0.717) is 41.4 Å². The second-order valence-corrected chi connectivity index (χ2v) is 6.90. The minimum Gasteiger partial charge on any atom is -0.473 e. The molecular weight excluding hydrogens is 347 g/mol. The molecule has 5 nitrogen and oxygen atoms in total. The first-order valence-electron chi connectivity index (χ1n) is 8.04. The number of halogens is 2. The van der Waals surface area contributed by atoms with Crippen LogP contribution in [0.1, 0.15) is 17.2 Å². The number of pyridine rings is 1. The van der Waals surface area contributed by atoms with Crippen LogP contribution in [0.2, 0.25) is 5.02 Å². The van der Waals surface area contributed by atoms with Crippen molar-refractivity contribution in [2.75, 3.05) is 13.1 Å². The summed E-state index contributed by atoms with van der Waals surface area (Å²) < 4.78 is 19.4. The van der Waals surface area contributed by atoms with E-state index in [4.69, 9.17) is 21.4 Å². The van der Waals surface area contributed by atoms with Crippen LogP contribution in [0, 0.1) is 17.7 Å². The molecule has 1 N–H and O–H groups in total. The topological polar surface area (TPSA) is 62.7 Å². The number of nitrogens with zero attached hydrogens (tertiary/aromatic N) is 2. The fourth-order valence-electron chi connectivity index (χ4n) is 3.61. The summed E-state index contributed by atoms with van der Waals surface area (Å²) in [5, 5.41) is 9.37. The number of carboxylic acid groups (broad SMARTS) is 1. The highest BCUT2D eigenvalue weighted by Crippen LogP contribution is 2.57. The molecule has 2 aliphatic rings. The Morgan fingerprint density at radius 1 is 1.32 bits per heavy atom. The van der Waals surface area contributed by atoms with Crippen molar-refractivity contribution in [2.45, 2.75) is 12.5 Å². The number of aromatic nitrogens is 1. The van der Waals surface area contributed by atoms with E-state index < -0.39 is 11.9 Å². The maximum absolute atomic E-state index is 13.8. The third-order valence-electron chi connectivity index (χ3n) is 4.94. The molecule has 0 bridgehead atoms. The van der Waals surface area contributed by atoms with E-state index >= 15 is 0 Å². The first kappa shape index (κ1) is 16.1. The Balaban J connectivity index is 1.40. The lowest BCUT2D eigenvalue weighted by Gasteiger charge is -2.15. The summed E-state index contributed by atoms with van der Waals surface area (Å²) >= 11 is 5.74. The van der Waals surface area contributed by atoms with Gasteiger partial charge in [0.2, 0.25) is 5.88 Å². The van der Waals surface area contributed by atoms with Gasteiger partial charge in [0.1, 0.15) is 12.4 Å². The van der Waals surface area contributed by atoms with Gasteiger partial charge in [-0.25, -0.2) is 14.2 Å². The van der Waals surface area contributed by atoms with Crippen molar-refractivity contribution >= 4 is 17.7 Å². The van der Waals surface area contributed by atoms with Gasteiger partial charge in [-0.15, -0.1) is 0 Å². The molecule has 1 amide bonds. The molecule has 1 unspecified atom stereocenters. The zero-order chi connectivity index (χ0) is 17.6. The fourth-order valence-corrected chi connectivity index (χ4v) is 3.77. The van der Waals surface area contributed by atoms with Crippen LogP contribution < -0.4 is 4.74 Å². The number of likely N-dealkylation sites (tertiary alicyclic amines) is 1. The van der Waals surface area contributed by atoms with Crippen molar-refractivity contribution in [1.29, 1.82) is 0 Å². The van der Waals surface area contributed by atoms with Crippen molar-refractivity contribution in [1.82, 2.24) is 9.88 Å². The van der Waals surface area contributed by atoms with E-state index in [1.165, 1.54) is 11.0 Å². The Kier molecular flexibility index (Phi) is 4.00. The number of amides is 1. The smallest absolute Gasteiger partial charge is 0.407 e. The summed E-state index contributed by atoms with van der Waals surface area (Å²) in [5.74, 6) is 0.993. The fraction of sp³-hybridized carbons (Fsp3) is 0.333. The van der Waals surface area contributed by atoms with Crippen LogP contribution in [0.15, 0.2) is 36.4 Å². The minimum absolute atomic E-state index is 0.0732. The van der Waals surface area contributed by atoms with E-state index in [-0.39, 0.29) is 12.5 Å². The molecule has 1 aliphatic heterocycles. The second kappa shape index (κ2) is 6.19. The molecule has 0 spiro atoms. The van der Waals surface area contributed by atoms with Crippen LogP contribution in [0.5, 0.6) is 5.88 Å². The van der Waals surface area contributed by atoms with Crippen LogP contribution in [0.3, 0.4) is 0 Å². The quantitative estimate of drug-likeness (QED) is 0.899. The number of fused-ring (bicyclic) bond motifs is 1. The Morgan fingerprint density at radius 3 is 2.76 bits per heavy atom. The lowest BCUT2D eigenvalue weighted by Crippen LogP contribution is -2.29. The standard InChI is InChI=1S/C18H16ClFN2O3/c19-11-5-4-10(14(20)6-11)9-25-16-3-1-2-15(21-16)17-12-7-22(18(23)24)8-13(12)17/h1-6,12-13,17H,7-9H2,(H,23,24)/t12-,13+,17?. The van der Waals surface area contributed by atoms with E-state index in [1.807, 2.05) is 12.1 Å². The Bertz CT molecular complexity index is 820. The number of hydrogen-bond donors (Lipinski definition) is 1. The van der Waals surface area contributed by atoms with Gasteiger partial charge in [-0.2, -0.15) is 0 Å². The highest BCUT2D eigenvalue weighted by molar-refractivity contribution is 6.30. The zero-order valence-corrected chi connectivity index (χ0v) is 14.0. The van der Waals surface area contributed by atoms with Crippen LogP contribution in [-0.2, 0) is 6.61 Å². The highest BCUT2D eigenvalue weighted by atomic mass is 35.5. The maximum Gasteiger partial charge on any atom is 0.407 e. The highest BCUT2D eigenvalue weighted by Gasteiger charge is 2.58. The monoisotopic (exact) mass is 362 g/mol. The number of benzene rings is 1. The number of rotatable bonds is 4. The average Bonchev–Trinajstić information content (AvgIpc) is 3.08. The van der Waals surface area contributed by atoms with Gasteiger partial charge < -0.3 is 14.7 Å². The lowest BCUT2D eigenvalue weighted by atomic mass is 10.2. The molecule has 2 heterocycles. The van der Waals surface area contributed by atoms with Crippen molar-refractivity contribution in [3.63, 3.8) is 0 Å². The molecule has 7 heteroatoms. The summed E-state index contributed by atoms with van der Waals surface area (Å²) in [6, 6.07) is 9.99. The summed E-state index contributed by atoms with van der Waals surface area (Å²) in [6.45, 7) is 1.20. The first-order valence-corrected chi connectivity index (χ1v) is 8.42. The molecule has 130 valence electrons. The third kappa shape index (κ3) is 3.14. The van der Waals surface area contributed by atoms with E-state index in [1.54, 1.807) is 18.2 Å². The van der Waals surface area contributed by atoms with Crippen molar-refractivity contribution < 1.29 is 19.0 Å². The molecule has 1 saturated carbocycles. The minimum atomic E-state index is -0.860. The molecular formula is C18H16ClFN2O3. The van der Waals surface area contributed by atoms with Gasteiger partial charge in [0, 0.05) is 41.4 Å². The predicted molar refractivity (Wildman–Crippen MR) is 89.3 cm³/mol. The molecule has 2 aromatic rings. The largest absolute Gasteiger partial charge is 0.473 e. The first-order chi connectivity index (χ1) is 12.0. The molecule has 4 rings (SSSR count). The zero-order valence-electron chi connectivity index (χ0n) is 13.2. The molecule has 1 aliphatic carbocycles. The van der Waals surface area contributed by atoms with Crippen LogP contribution in [-0.4, -0.2) is 34.2 Å². The number of carbonyl (C=O) groups is 1. The average molecular weight is 363 g/mol. The summed E-state index contributed by atoms with van der Waals surface area (Å²) in [5.41, 5.74) is 1.33. The van der Waals surface area contributed by atoms with Crippen LogP contribution >= 0.6 is 11.6 Å². The number of hydrogen-bond acceptors (Lipinski definition) is 3. The van der Waals surface area contributed by atoms with Crippen molar-refractivity contribution in [3.05, 3.63) is 58.5 Å². The third-order valence-corrected chi connectivity index (χ3v) is 5.18. The van der Waals surface area contributed by atoms with Gasteiger partial charge in [-0.05, 0) is 30.0 Å². The Labute approximate surface area is 149 Å².